The van der Waals surface area contributed by atoms with Crippen LogP contribution in [-0.4, -0.2) is 31.5 Å². The van der Waals surface area contributed by atoms with Gasteiger partial charge in [-0.15, -0.1) is 5.92 Å². The number of carbonyl (C=O) groups excluding carboxylic acids is 1. The summed E-state index contributed by atoms with van der Waals surface area (Å²) in [5.41, 5.74) is 0.126. The van der Waals surface area contributed by atoms with Crippen LogP contribution < -0.4 is 9.80 Å². The summed E-state index contributed by atoms with van der Waals surface area (Å²) in [6, 6.07) is 5.87. The molecule has 0 saturated heterocycles. The fourth-order valence-corrected chi connectivity index (χ4v) is 1.40. The van der Waals surface area contributed by atoms with E-state index in [2.05, 4.69) is 11.8 Å². The molecule has 1 rings (SSSR count). The zero-order valence-electron chi connectivity index (χ0n) is 10.0. The van der Waals surface area contributed by atoms with E-state index in [0.29, 0.717) is 11.1 Å². The normalized spacial score (nSPS) is 8.95. The van der Waals surface area contributed by atoms with Gasteiger partial charge in [0, 0.05) is 0 Å². The Morgan fingerprint density at radius 3 is 2.58 bits per heavy atom. The van der Waals surface area contributed by atoms with E-state index in [4.69, 9.17) is 4.74 Å². The molecule has 0 heterocycles. The lowest BCUT2D eigenvalue weighted by Crippen LogP contribution is -2.27. The van der Waals surface area contributed by atoms with Crippen molar-refractivity contribution in [1.29, 1.82) is 0 Å². The molecule has 0 saturated carbocycles. The quantitative estimate of drug-likeness (QED) is 0.376. The second-order valence-corrected chi connectivity index (χ2v) is 3.99. The Kier molecular flexibility index (Phi) is 5.60. The number of hydroxylamine groups is 1. The van der Waals surface area contributed by atoms with Gasteiger partial charge in [0.15, 0.2) is 0 Å². The Labute approximate surface area is 111 Å². The van der Waals surface area contributed by atoms with Gasteiger partial charge in [-0.05, 0) is 31.2 Å². The number of nitrogens with zero attached hydrogens (tertiary/aromatic N) is 1. The van der Waals surface area contributed by atoms with Crippen molar-refractivity contribution in [3.8, 4) is 17.6 Å². The average Bonchev–Trinajstić information content (AvgIpc) is 2.38. The fraction of sp³-hybridized carbons (Fsp3) is 0.167. The van der Waals surface area contributed by atoms with Gasteiger partial charge in [0.2, 0.25) is 10.3 Å². The van der Waals surface area contributed by atoms with Crippen LogP contribution in [0, 0.1) is 11.8 Å². The average molecular weight is 281 g/mol. The molecule has 7 heteroatoms. The molecule has 0 spiro atoms. The van der Waals surface area contributed by atoms with E-state index in [9.17, 15) is 18.4 Å². The van der Waals surface area contributed by atoms with E-state index in [1.807, 2.05) is 0 Å². The summed E-state index contributed by atoms with van der Waals surface area (Å²) in [6.45, 7) is 1.93. The third-order valence-corrected chi connectivity index (χ3v) is 2.37. The summed E-state index contributed by atoms with van der Waals surface area (Å²) in [6.07, 6.45) is 0. The number of amides is 1. The second-order valence-electron chi connectivity index (χ2n) is 3.24. The number of ether oxygens (including phenoxy) is 1. The Hall–Kier alpha value is -2.30. The van der Waals surface area contributed by atoms with Crippen molar-refractivity contribution in [1.82, 2.24) is 0 Å². The molecule has 0 aromatic heterocycles. The zero-order chi connectivity index (χ0) is 14.3. The first-order valence-corrected chi connectivity index (χ1v) is 6.26. The van der Waals surface area contributed by atoms with E-state index in [-0.39, 0.29) is 17.4 Å². The van der Waals surface area contributed by atoms with E-state index in [1.165, 1.54) is 24.3 Å². The van der Waals surface area contributed by atoms with Gasteiger partial charge in [0.05, 0.1) is 5.69 Å². The molecule has 0 fully saturated rings. The van der Waals surface area contributed by atoms with Crippen molar-refractivity contribution >= 4 is 27.3 Å². The number of hydrogen-bond donors (Lipinski definition) is 1. The minimum Gasteiger partial charge on any atom is -0.481 e. The first-order valence-electron chi connectivity index (χ1n) is 5.13. The Morgan fingerprint density at radius 1 is 1.42 bits per heavy atom. The third kappa shape index (κ3) is 4.83. The number of anilines is 1. The lowest BCUT2D eigenvalue weighted by molar-refractivity contribution is -0.116. The van der Waals surface area contributed by atoms with E-state index in [1.54, 1.807) is 6.92 Å². The molecule has 6 nitrogen and oxygen atoms in total. The fourth-order valence-electron chi connectivity index (χ4n) is 1.13. The predicted molar refractivity (Wildman–Crippen MR) is 69.6 cm³/mol. The van der Waals surface area contributed by atoms with Gasteiger partial charge in [-0.2, -0.15) is 13.5 Å². The maximum atomic E-state index is 11.2. The van der Waals surface area contributed by atoms with Gasteiger partial charge in [-0.3, -0.25) is 10.0 Å². The summed E-state index contributed by atoms with van der Waals surface area (Å²) in [5.74, 6) is 4.85. The highest BCUT2D eigenvalue weighted by atomic mass is 32.2. The van der Waals surface area contributed by atoms with Gasteiger partial charge < -0.3 is 4.74 Å². The molecule has 1 N–H and O–H groups in total. The summed E-state index contributed by atoms with van der Waals surface area (Å²) in [5, 5.41) is 10.0. The molecule has 0 unspecified atom stereocenters. The van der Waals surface area contributed by atoms with Crippen molar-refractivity contribution in [2.24, 2.45) is 0 Å². The van der Waals surface area contributed by atoms with Crippen LogP contribution in [0.25, 0.3) is 0 Å². The lowest BCUT2D eigenvalue weighted by Gasteiger charge is -2.12. The number of benzene rings is 1. The molecule has 1 aromatic rings. The van der Waals surface area contributed by atoms with Gasteiger partial charge in [0.25, 0.3) is 5.91 Å². The van der Waals surface area contributed by atoms with Gasteiger partial charge in [-0.1, -0.05) is 5.92 Å². The molecule has 0 aliphatic heterocycles. The molecule has 0 aliphatic rings. The van der Waals surface area contributed by atoms with Crippen LogP contribution in [0.2, 0.25) is 0 Å². The highest BCUT2D eigenvalue weighted by Gasteiger charge is 2.11. The summed E-state index contributed by atoms with van der Waals surface area (Å²) in [4.78, 5) is 11.2. The van der Waals surface area contributed by atoms with Crippen molar-refractivity contribution in [3.05, 3.63) is 24.3 Å². The highest BCUT2D eigenvalue weighted by Crippen LogP contribution is 2.18. The standard InChI is InChI=1S/C12H11NO5S/c1-2-3-8-18-11-6-4-10(5-7-11)13(15)12(14)9-19(16)17/h4-7,9,15H,8H2,1H3. The molecular formula is C12H11NO5S. The summed E-state index contributed by atoms with van der Waals surface area (Å²) in [7, 11) is -2.67. The summed E-state index contributed by atoms with van der Waals surface area (Å²) < 4.78 is 25.8. The monoisotopic (exact) mass is 281 g/mol. The molecule has 0 aliphatic carbocycles. The van der Waals surface area contributed by atoms with Crippen LogP contribution in [-0.2, 0) is 15.1 Å². The lowest BCUT2D eigenvalue weighted by atomic mass is 10.3. The van der Waals surface area contributed by atoms with E-state index < -0.39 is 16.2 Å². The molecule has 100 valence electrons. The maximum absolute atomic E-state index is 11.2. The molecular weight excluding hydrogens is 270 g/mol. The number of carbonyl (C=O) groups is 1. The molecule has 0 bridgehead atoms. The molecule has 19 heavy (non-hydrogen) atoms. The van der Waals surface area contributed by atoms with Crippen molar-refractivity contribution in [2.45, 2.75) is 6.92 Å². The topological polar surface area (TPSA) is 83.9 Å². The zero-order valence-corrected chi connectivity index (χ0v) is 10.8. The van der Waals surface area contributed by atoms with Crippen LogP contribution >= 0.6 is 0 Å². The Morgan fingerprint density at radius 2 is 2.05 bits per heavy atom. The minimum atomic E-state index is -2.67. The van der Waals surface area contributed by atoms with E-state index >= 15 is 0 Å². The van der Waals surface area contributed by atoms with Gasteiger partial charge in [-0.25, -0.2) is 0 Å². The van der Waals surface area contributed by atoms with Crippen molar-refractivity contribution in [3.63, 3.8) is 0 Å². The van der Waals surface area contributed by atoms with Crippen LogP contribution in [0.5, 0.6) is 5.75 Å². The summed E-state index contributed by atoms with van der Waals surface area (Å²) >= 11 is 0. The molecule has 0 radical (unpaired) electrons. The first-order chi connectivity index (χ1) is 9.04. The van der Waals surface area contributed by atoms with Crippen LogP contribution in [0.4, 0.5) is 5.69 Å². The van der Waals surface area contributed by atoms with Crippen LogP contribution in [0.1, 0.15) is 6.92 Å². The van der Waals surface area contributed by atoms with Gasteiger partial charge in [0.1, 0.15) is 17.7 Å². The third-order valence-electron chi connectivity index (χ3n) is 1.97. The number of hydrogen-bond acceptors (Lipinski definition) is 5. The smallest absolute Gasteiger partial charge is 0.290 e. The Balaban J connectivity index is 2.77. The van der Waals surface area contributed by atoms with Crippen molar-refractivity contribution in [2.75, 3.05) is 11.7 Å². The second kappa shape index (κ2) is 7.20. The molecule has 1 aromatic carbocycles. The van der Waals surface area contributed by atoms with Crippen molar-refractivity contribution < 1.29 is 23.2 Å². The first kappa shape index (κ1) is 14.8. The molecule has 0 atom stereocenters. The SMILES string of the molecule is CC#CCOc1ccc(N(O)C(=O)C=S(=O)=O)cc1. The molecule has 1 amide bonds. The van der Waals surface area contributed by atoms with Gasteiger partial charge >= 0.3 is 0 Å². The predicted octanol–water partition coefficient (Wildman–Crippen LogP) is 0.492. The van der Waals surface area contributed by atoms with Crippen LogP contribution in [0.15, 0.2) is 24.3 Å². The van der Waals surface area contributed by atoms with E-state index in [0.717, 1.165) is 0 Å². The highest BCUT2D eigenvalue weighted by molar-refractivity contribution is 7.73. The Bertz CT molecular complexity index is 629. The van der Waals surface area contributed by atoms with Crippen LogP contribution in [0.3, 0.4) is 0 Å². The minimum absolute atomic E-state index is 0.126. The largest absolute Gasteiger partial charge is 0.481 e. The number of rotatable bonds is 4. The maximum Gasteiger partial charge on any atom is 0.290 e.